The fourth-order valence-electron chi connectivity index (χ4n) is 8.38. The third-order valence-electron chi connectivity index (χ3n) is 10.5. The van der Waals surface area contributed by atoms with Crippen molar-refractivity contribution in [3.63, 3.8) is 0 Å². The van der Waals surface area contributed by atoms with E-state index in [0.717, 1.165) is 0 Å². The molecule has 416 valence electrons. The SMILES string of the molecule is C[SiH](C)O[SiH](C)O[SiH](C)[SiH]1O[SiH](C)O[Si]2(C)O[Si](C)(O[SiH](C)C)O[SiH]3O[Si]4(C)O[Si](O1)(O[SiH](C(C)(C)C)O[Si](C)(C)O[SiH](C)OC[Si]15O[SiH2]C[Si]3(O[SiH](O[SiH](C)O[Si](C)(C)C)O[SiH](O[Si](C)(C)O1)O5)O4)O2. The van der Waals surface area contributed by atoms with Gasteiger partial charge in [0.15, 0.2) is 36.2 Å². The molecule has 16 unspecified atom stereocenters. The molecule has 6 heterocycles. The van der Waals surface area contributed by atoms with Crippen LogP contribution in [0.2, 0.25) is 135 Å². The Hall–Kier alpha value is 3.81. The largest absolute Gasteiger partial charge is 0.646 e. The second-order valence-electron chi connectivity index (χ2n) is 22.1. The summed E-state index contributed by atoms with van der Waals surface area (Å²) in [5.41, 5.74) is 0.315. The molecule has 0 aromatic heterocycles. The van der Waals surface area contributed by atoms with Gasteiger partial charge in [0, 0.05) is 30.3 Å². The molecule has 0 radical (unpaired) electrons. The minimum Gasteiger partial charge on any atom is -0.442 e. The smallest absolute Gasteiger partial charge is 0.442 e. The van der Waals surface area contributed by atoms with E-state index >= 15 is 0 Å². The highest BCUT2D eigenvalue weighted by atomic mass is 29.3. The van der Waals surface area contributed by atoms with Gasteiger partial charge in [-0.15, -0.1) is 0 Å². The maximum absolute atomic E-state index is 7.57. The normalized spacial score (nSPS) is 43.5. The monoisotopic (exact) mass is 1380 g/mol. The Morgan fingerprint density at radius 2 is 1.28 bits per heavy atom. The Bertz CT molecular complexity index is 1790. The molecule has 71 heavy (non-hydrogen) atoms. The van der Waals surface area contributed by atoms with Crippen LogP contribution in [0, 0.1) is 0 Å². The number of fused-ring (bicyclic) bond motifs is 5. The van der Waals surface area contributed by atoms with Crippen molar-refractivity contribution in [2.45, 2.75) is 156 Å². The van der Waals surface area contributed by atoms with Crippen LogP contribution in [0.1, 0.15) is 20.8 Å². The third kappa shape index (κ3) is 18.4. The lowest BCUT2D eigenvalue weighted by Gasteiger charge is -2.48. The number of hydrogen-bond acceptors (Lipinski definition) is 24. The fraction of sp³-hybridized carbons (Fsp3) is 1.00. The summed E-state index contributed by atoms with van der Waals surface area (Å²) < 4.78 is 170. The molecule has 6 fully saturated rings. The first-order valence-corrected chi connectivity index (χ1v) is 73.7. The average Bonchev–Trinajstić information content (AvgIpc) is 3.36. The van der Waals surface area contributed by atoms with Crippen LogP contribution in [-0.4, -0.2) is 203 Å². The zero-order valence-electron chi connectivity index (χ0n) is 45.8. The topological polar surface area (TPSA) is 222 Å². The van der Waals surface area contributed by atoms with E-state index in [9.17, 15) is 0 Å². The molecule has 0 aliphatic carbocycles. The molecular formula is C25H84O24Si22. The number of hydrogen-bond donors (Lipinski definition) is 0. The standard InChI is InChI=1S/C25H84O24Si22/c1-25(2,3)58-37-64(16,17)35-53(8)26-23-69-27-50-24-70(41-59(30-55(10)34-63(13,14)15)32-60(40-69)39-65(18,19)45-69)47-68(22)44-62(70)43-66(20,33-52(6)7)46-67(21)36-56(11)31-61(42-71(38-58,48-67)49-68)57(12)29-54(9)28-51(4)5/h51-62H,23-24,50H2,1-22H3. The Balaban J connectivity index is 1.61. The summed E-state index contributed by atoms with van der Waals surface area (Å²) in [6.07, 6.45) is 0.0359. The Kier molecular flexibility index (Phi) is 21.9. The van der Waals surface area contributed by atoms with Crippen molar-refractivity contribution in [3.05, 3.63) is 0 Å². The van der Waals surface area contributed by atoms with Gasteiger partial charge in [-0.25, -0.2) is 0 Å². The predicted octanol–water partition coefficient (Wildman–Crippen LogP) is -0.417. The summed E-state index contributed by atoms with van der Waals surface area (Å²) in [5, 5.41) is -0.591. The van der Waals surface area contributed by atoms with Gasteiger partial charge in [-0.1, -0.05) is 20.8 Å². The van der Waals surface area contributed by atoms with Gasteiger partial charge in [0.05, 0.1) is 0 Å². The van der Waals surface area contributed by atoms with Crippen molar-refractivity contribution >= 4 is 197 Å². The van der Waals surface area contributed by atoms with Crippen LogP contribution in [-0.2, 0) is 99.1 Å². The van der Waals surface area contributed by atoms with Crippen molar-refractivity contribution in [3.8, 4) is 0 Å². The van der Waals surface area contributed by atoms with Gasteiger partial charge in [-0.05, 0) is 105 Å². The maximum atomic E-state index is 7.57. The molecule has 0 amide bonds. The Morgan fingerprint density at radius 3 is 1.90 bits per heavy atom. The van der Waals surface area contributed by atoms with Gasteiger partial charge in [-0.3, -0.25) is 0 Å². The Morgan fingerprint density at radius 1 is 0.620 bits per heavy atom. The molecule has 0 N–H and O–H groups in total. The van der Waals surface area contributed by atoms with Crippen molar-refractivity contribution in [2.24, 2.45) is 0 Å². The molecular weight excluding hydrogens is 1300 g/mol. The minimum atomic E-state index is -4.74. The highest BCUT2D eigenvalue weighted by molar-refractivity contribution is 7.31. The first-order valence-electron chi connectivity index (χ1n) is 24.5. The van der Waals surface area contributed by atoms with E-state index in [0.29, 0.717) is 5.67 Å². The average molecular weight is 1390 g/mol. The fourth-order valence-corrected chi connectivity index (χ4v) is 119. The lowest BCUT2D eigenvalue weighted by Crippen LogP contribution is -2.74. The van der Waals surface area contributed by atoms with Crippen molar-refractivity contribution < 1.29 is 99.1 Å². The molecule has 6 saturated heterocycles. The predicted molar refractivity (Wildman–Crippen MR) is 313 cm³/mol. The molecule has 3 spiro atoms. The molecule has 6 aliphatic rings. The summed E-state index contributed by atoms with van der Waals surface area (Å²) in [5.74, 6) is 0. The highest BCUT2D eigenvalue weighted by Crippen LogP contribution is 2.44. The summed E-state index contributed by atoms with van der Waals surface area (Å²) in [4.78, 5) is 0. The van der Waals surface area contributed by atoms with E-state index in [1.54, 1.807) is 0 Å². The van der Waals surface area contributed by atoms with Crippen molar-refractivity contribution in [1.82, 2.24) is 0 Å². The Labute approximate surface area is 454 Å². The van der Waals surface area contributed by atoms with Crippen LogP contribution in [0.15, 0.2) is 0 Å². The van der Waals surface area contributed by atoms with Crippen LogP contribution >= 0.6 is 0 Å². The first-order chi connectivity index (χ1) is 32.3. The summed E-state index contributed by atoms with van der Waals surface area (Å²) in [7, 11) is -65.2. The van der Waals surface area contributed by atoms with E-state index in [2.05, 4.69) is 73.1 Å². The minimum absolute atomic E-state index is 0.0359. The van der Waals surface area contributed by atoms with E-state index in [4.69, 9.17) is 99.1 Å². The second kappa shape index (κ2) is 24.3. The summed E-state index contributed by atoms with van der Waals surface area (Å²) >= 11 is 0. The zero-order valence-corrected chi connectivity index (χ0v) is 70.1. The maximum Gasteiger partial charge on any atom is 0.646 e. The van der Waals surface area contributed by atoms with E-state index in [-0.39, 0.29) is 6.23 Å². The van der Waals surface area contributed by atoms with E-state index in [1.807, 2.05) is 72.0 Å². The molecule has 46 heteroatoms. The van der Waals surface area contributed by atoms with Crippen LogP contribution in [0.4, 0.5) is 0 Å². The molecule has 0 saturated carbocycles. The molecule has 6 aliphatic heterocycles. The van der Waals surface area contributed by atoms with Crippen molar-refractivity contribution in [2.75, 3.05) is 6.23 Å². The lowest BCUT2D eigenvalue weighted by atomic mass is 10.3. The van der Waals surface area contributed by atoms with Crippen LogP contribution in [0.5, 0.6) is 0 Å². The van der Waals surface area contributed by atoms with Gasteiger partial charge < -0.3 is 99.1 Å². The van der Waals surface area contributed by atoms with Gasteiger partial charge >= 0.3 is 134 Å². The molecule has 6 rings (SSSR count). The van der Waals surface area contributed by atoms with Crippen molar-refractivity contribution in [1.29, 1.82) is 0 Å². The lowest BCUT2D eigenvalue weighted by molar-refractivity contribution is 0.0557. The van der Waals surface area contributed by atoms with Gasteiger partial charge in [0.1, 0.15) is 6.23 Å². The highest BCUT2D eigenvalue weighted by Gasteiger charge is 2.75. The van der Waals surface area contributed by atoms with Gasteiger partial charge in [-0.2, -0.15) is 0 Å². The van der Waals surface area contributed by atoms with Gasteiger partial charge in [0.25, 0.3) is 18.6 Å². The summed E-state index contributed by atoms with van der Waals surface area (Å²) in [6, 6.07) is 0. The van der Waals surface area contributed by atoms with E-state index < -0.39 is 202 Å². The van der Waals surface area contributed by atoms with Crippen LogP contribution in [0.3, 0.4) is 0 Å². The molecule has 7 bridgehead atoms. The third-order valence-corrected chi connectivity index (χ3v) is 98.7. The summed E-state index contributed by atoms with van der Waals surface area (Å²) in [6.45, 7) is 44.5. The van der Waals surface area contributed by atoms with Gasteiger partial charge in [0.2, 0.25) is 8.56 Å². The first kappa shape index (κ1) is 64.0. The number of rotatable bonds is 11. The second-order valence-corrected chi connectivity index (χ2v) is 89.7. The molecule has 0 aromatic carbocycles. The van der Waals surface area contributed by atoms with Crippen LogP contribution in [0.25, 0.3) is 0 Å². The zero-order chi connectivity index (χ0) is 53.0. The molecule has 24 nitrogen and oxygen atoms in total. The molecule has 16 atom stereocenters. The van der Waals surface area contributed by atoms with E-state index in [1.165, 1.54) is 0 Å². The molecule has 0 aromatic rings. The quantitative estimate of drug-likeness (QED) is 0.240. The van der Waals surface area contributed by atoms with Crippen LogP contribution < -0.4 is 0 Å².